The van der Waals surface area contributed by atoms with Crippen LogP contribution in [-0.4, -0.2) is 35.1 Å². The number of rotatable bonds is 4. The summed E-state index contributed by atoms with van der Waals surface area (Å²) in [5.41, 5.74) is 0.852. The predicted octanol–water partition coefficient (Wildman–Crippen LogP) is 2.55. The van der Waals surface area contributed by atoms with Crippen molar-refractivity contribution in [2.24, 2.45) is 5.92 Å². The fourth-order valence-electron chi connectivity index (χ4n) is 2.73. The molecule has 1 amide bonds. The lowest BCUT2D eigenvalue weighted by molar-refractivity contribution is -0.130. The summed E-state index contributed by atoms with van der Waals surface area (Å²) in [7, 11) is 0. The molecule has 1 aromatic rings. The minimum atomic E-state index is -0.367. The van der Waals surface area contributed by atoms with Crippen molar-refractivity contribution in [3.63, 3.8) is 0 Å². The molecule has 2 rings (SSSR count). The van der Waals surface area contributed by atoms with Crippen molar-refractivity contribution in [3.05, 3.63) is 35.6 Å². The Kier molecular flexibility index (Phi) is 4.76. The third kappa shape index (κ3) is 3.57. The SMILES string of the molecule is CC(CC(=O)N1CCC(C(C)O)C1)c1cccc(F)c1. The molecular formula is C16H22FNO2. The van der Waals surface area contributed by atoms with Crippen molar-refractivity contribution in [2.75, 3.05) is 13.1 Å². The van der Waals surface area contributed by atoms with Crippen LogP contribution in [0.15, 0.2) is 24.3 Å². The zero-order valence-electron chi connectivity index (χ0n) is 12.1. The Bertz CT molecular complexity index is 475. The Morgan fingerprint density at radius 1 is 1.50 bits per heavy atom. The van der Waals surface area contributed by atoms with Gasteiger partial charge in [-0.15, -0.1) is 0 Å². The van der Waals surface area contributed by atoms with Crippen LogP contribution in [0.5, 0.6) is 0 Å². The molecule has 0 saturated carbocycles. The molecule has 0 aliphatic carbocycles. The number of aliphatic hydroxyl groups excluding tert-OH is 1. The molecule has 110 valence electrons. The summed E-state index contributed by atoms with van der Waals surface area (Å²) >= 11 is 0. The largest absolute Gasteiger partial charge is 0.393 e. The fraction of sp³-hybridized carbons (Fsp3) is 0.562. The second-order valence-corrected chi connectivity index (χ2v) is 5.79. The minimum Gasteiger partial charge on any atom is -0.393 e. The van der Waals surface area contributed by atoms with E-state index in [-0.39, 0.29) is 29.7 Å². The molecule has 3 nitrogen and oxygen atoms in total. The molecule has 0 aromatic heterocycles. The number of carbonyl (C=O) groups is 1. The number of halogens is 1. The summed E-state index contributed by atoms with van der Waals surface area (Å²) in [6.45, 7) is 5.06. The molecule has 0 radical (unpaired) electrons. The standard InChI is InChI=1S/C16H22FNO2/c1-11(13-4-3-5-15(17)9-13)8-16(20)18-7-6-14(10-18)12(2)19/h3-5,9,11-12,14,19H,6-8,10H2,1-2H3. The van der Waals surface area contributed by atoms with E-state index >= 15 is 0 Å². The maximum Gasteiger partial charge on any atom is 0.223 e. The number of benzene rings is 1. The van der Waals surface area contributed by atoms with Gasteiger partial charge in [0.25, 0.3) is 0 Å². The molecule has 1 N–H and O–H groups in total. The topological polar surface area (TPSA) is 40.5 Å². The van der Waals surface area contributed by atoms with Gasteiger partial charge in [-0.1, -0.05) is 19.1 Å². The quantitative estimate of drug-likeness (QED) is 0.920. The third-order valence-electron chi connectivity index (χ3n) is 4.16. The van der Waals surface area contributed by atoms with Gasteiger partial charge < -0.3 is 10.0 Å². The molecule has 1 fully saturated rings. The van der Waals surface area contributed by atoms with Crippen molar-refractivity contribution >= 4 is 5.91 Å². The first-order valence-corrected chi connectivity index (χ1v) is 7.18. The van der Waals surface area contributed by atoms with Crippen molar-refractivity contribution in [1.29, 1.82) is 0 Å². The Morgan fingerprint density at radius 3 is 2.85 bits per heavy atom. The zero-order chi connectivity index (χ0) is 14.7. The molecule has 4 heteroatoms. The number of carbonyl (C=O) groups excluding carboxylic acids is 1. The van der Waals surface area contributed by atoms with E-state index in [1.165, 1.54) is 12.1 Å². The molecule has 1 heterocycles. The first kappa shape index (κ1) is 15.0. The normalized spacial score (nSPS) is 21.8. The van der Waals surface area contributed by atoms with Crippen LogP contribution in [0.3, 0.4) is 0 Å². The Balaban J connectivity index is 1.92. The van der Waals surface area contributed by atoms with Gasteiger partial charge in [0.05, 0.1) is 6.10 Å². The van der Waals surface area contributed by atoms with Gasteiger partial charge in [0.1, 0.15) is 5.82 Å². The Morgan fingerprint density at radius 2 is 2.25 bits per heavy atom. The molecule has 1 aromatic carbocycles. The number of aliphatic hydroxyl groups is 1. The van der Waals surface area contributed by atoms with Crippen LogP contribution in [0, 0.1) is 11.7 Å². The summed E-state index contributed by atoms with van der Waals surface area (Å²) in [5.74, 6) is 0.00859. The second-order valence-electron chi connectivity index (χ2n) is 5.79. The van der Waals surface area contributed by atoms with Crippen molar-refractivity contribution < 1.29 is 14.3 Å². The van der Waals surface area contributed by atoms with Crippen molar-refractivity contribution in [2.45, 2.75) is 38.7 Å². The van der Waals surface area contributed by atoms with Crippen LogP contribution in [0.4, 0.5) is 4.39 Å². The van der Waals surface area contributed by atoms with Gasteiger partial charge in [0.2, 0.25) is 5.91 Å². The van der Waals surface area contributed by atoms with Crippen LogP contribution < -0.4 is 0 Å². The summed E-state index contributed by atoms with van der Waals surface area (Å²) in [5, 5.41) is 9.56. The Hall–Kier alpha value is -1.42. The van der Waals surface area contributed by atoms with E-state index < -0.39 is 0 Å². The first-order chi connectivity index (χ1) is 9.47. The van der Waals surface area contributed by atoms with Crippen LogP contribution in [0.25, 0.3) is 0 Å². The molecular weight excluding hydrogens is 257 g/mol. The molecule has 0 spiro atoms. The van der Waals surface area contributed by atoms with Gasteiger partial charge in [0, 0.05) is 25.4 Å². The first-order valence-electron chi connectivity index (χ1n) is 7.18. The summed E-state index contributed by atoms with van der Waals surface area (Å²) in [6, 6.07) is 6.42. The number of nitrogens with zero attached hydrogens (tertiary/aromatic N) is 1. The lowest BCUT2D eigenvalue weighted by Gasteiger charge is -2.20. The lowest BCUT2D eigenvalue weighted by atomic mass is 9.97. The van der Waals surface area contributed by atoms with Crippen LogP contribution in [0.2, 0.25) is 0 Å². The summed E-state index contributed by atoms with van der Waals surface area (Å²) in [6.07, 6.45) is 0.877. The van der Waals surface area contributed by atoms with Gasteiger partial charge in [-0.3, -0.25) is 4.79 Å². The molecule has 3 unspecified atom stereocenters. The van der Waals surface area contributed by atoms with Gasteiger partial charge in [-0.25, -0.2) is 4.39 Å². The highest BCUT2D eigenvalue weighted by Gasteiger charge is 2.29. The van der Waals surface area contributed by atoms with Gasteiger partial charge in [0.15, 0.2) is 0 Å². The van der Waals surface area contributed by atoms with E-state index in [0.29, 0.717) is 19.5 Å². The summed E-state index contributed by atoms with van der Waals surface area (Å²) in [4.78, 5) is 14.0. The molecule has 0 bridgehead atoms. The van der Waals surface area contributed by atoms with E-state index in [2.05, 4.69) is 0 Å². The number of likely N-dealkylation sites (tertiary alicyclic amines) is 1. The van der Waals surface area contributed by atoms with E-state index in [1.54, 1.807) is 13.0 Å². The number of hydrogen-bond acceptors (Lipinski definition) is 2. The maximum absolute atomic E-state index is 13.2. The molecule has 20 heavy (non-hydrogen) atoms. The van der Waals surface area contributed by atoms with Crippen LogP contribution in [-0.2, 0) is 4.79 Å². The molecule has 1 aliphatic rings. The smallest absolute Gasteiger partial charge is 0.223 e. The maximum atomic E-state index is 13.2. The average Bonchev–Trinajstić information content (AvgIpc) is 2.88. The molecule has 3 atom stereocenters. The van der Waals surface area contributed by atoms with Crippen molar-refractivity contribution in [3.8, 4) is 0 Å². The molecule has 1 saturated heterocycles. The lowest BCUT2D eigenvalue weighted by Crippen LogP contribution is -2.31. The minimum absolute atomic E-state index is 0.00352. The number of hydrogen-bond donors (Lipinski definition) is 1. The summed E-state index contributed by atoms with van der Waals surface area (Å²) < 4.78 is 13.2. The van der Waals surface area contributed by atoms with Crippen LogP contribution in [0.1, 0.15) is 38.2 Å². The van der Waals surface area contributed by atoms with Gasteiger partial charge >= 0.3 is 0 Å². The zero-order valence-corrected chi connectivity index (χ0v) is 12.1. The van der Waals surface area contributed by atoms with Gasteiger partial charge in [-0.05, 0) is 37.0 Å². The highest BCUT2D eigenvalue weighted by Crippen LogP contribution is 2.24. The van der Waals surface area contributed by atoms with E-state index in [4.69, 9.17) is 0 Å². The monoisotopic (exact) mass is 279 g/mol. The van der Waals surface area contributed by atoms with E-state index in [9.17, 15) is 14.3 Å². The van der Waals surface area contributed by atoms with Crippen LogP contribution >= 0.6 is 0 Å². The fourth-order valence-corrected chi connectivity index (χ4v) is 2.73. The highest BCUT2D eigenvalue weighted by molar-refractivity contribution is 5.77. The second kappa shape index (κ2) is 6.35. The van der Waals surface area contributed by atoms with E-state index in [1.807, 2.05) is 17.9 Å². The predicted molar refractivity (Wildman–Crippen MR) is 75.8 cm³/mol. The molecule has 1 aliphatic heterocycles. The van der Waals surface area contributed by atoms with Crippen molar-refractivity contribution in [1.82, 2.24) is 4.90 Å². The average molecular weight is 279 g/mol. The van der Waals surface area contributed by atoms with Gasteiger partial charge in [-0.2, -0.15) is 0 Å². The van der Waals surface area contributed by atoms with E-state index in [0.717, 1.165) is 12.0 Å². The number of amides is 1. The highest BCUT2D eigenvalue weighted by atomic mass is 19.1. The third-order valence-corrected chi connectivity index (χ3v) is 4.16. The Labute approximate surface area is 119 Å².